The molecule has 1 N–H and O–H groups in total. The molecule has 2 fully saturated rings. The number of anilines is 1. The number of ketones is 1. The molecule has 2 aromatic carbocycles. The highest BCUT2D eigenvalue weighted by Gasteiger charge is 2.59. The van der Waals surface area contributed by atoms with Gasteiger partial charge in [0, 0.05) is 17.0 Å². The van der Waals surface area contributed by atoms with Crippen LogP contribution >= 0.6 is 23.2 Å². The number of amides is 3. The summed E-state index contributed by atoms with van der Waals surface area (Å²) in [6, 6.07) is 10.7. The molecule has 1 saturated heterocycles. The van der Waals surface area contributed by atoms with Crippen molar-refractivity contribution >= 4 is 52.4 Å². The van der Waals surface area contributed by atoms with Crippen LogP contribution in [0.1, 0.15) is 44.2 Å². The molecule has 4 rings (SSSR count). The topological polar surface area (TPSA) is 92.8 Å². The van der Waals surface area contributed by atoms with Crippen LogP contribution in [-0.4, -0.2) is 47.2 Å². The lowest BCUT2D eigenvalue weighted by atomic mass is 9.90. The largest absolute Gasteiger partial charge is 0.368 e. The zero-order chi connectivity index (χ0) is 26.9. The molecule has 0 spiro atoms. The van der Waals surface area contributed by atoms with Gasteiger partial charge in [0.25, 0.3) is 11.8 Å². The molecule has 3 atom stereocenters. The monoisotopic (exact) mass is 544 g/mol. The Labute approximate surface area is 226 Å². The van der Waals surface area contributed by atoms with Gasteiger partial charge in [0.05, 0.1) is 16.6 Å². The number of hydrogen-bond donors (Lipinski definition) is 1. The van der Waals surface area contributed by atoms with E-state index in [-0.39, 0.29) is 23.7 Å². The van der Waals surface area contributed by atoms with Crippen LogP contribution in [0, 0.1) is 18.3 Å². The van der Waals surface area contributed by atoms with Crippen LogP contribution in [0.25, 0.3) is 0 Å². The zero-order valence-electron chi connectivity index (χ0n) is 21.1. The summed E-state index contributed by atoms with van der Waals surface area (Å²) in [6.07, 6.45) is 0.876. The van der Waals surface area contributed by atoms with Crippen LogP contribution in [0.15, 0.2) is 42.5 Å². The second-order valence-electron chi connectivity index (χ2n) is 9.69. The van der Waals surface area contributed by atoms with Crippen molar-refractivity contribution in [1.82, 2.24) is 4.90 Å². The van der Waals surface area contributed by atoms with Crippen molar-refractivity contribution in [1.29, 1.82) is 0 Å². The Balaban J connectivity index is 1.71. The first-order valence-electron chi connectivity index (χ1n) is 12.5. The molecule has 3 unspecified atom stereocenters. The zero-order valence-corrected chi connectivity index (χ0v) is 22.6. The van der Waals surface area contributed by atoms with E-state index in [0.717, 1.165) is 10.5 Å². The molecule has 3 amide bonds. The predicted molar refractivity (Wildman–Crippen MR) is 141 cm³/mol. The number of nitrogens with one attached hydrogen (secondary N) is 1. The fraction of sp³-hybridized carbons (Fsp3) is 0.429. The Kier molecular flexibility index (Phi) is 8.07. The molecule has 0 bridgehead atoms. The highest BCUT2D eigenvalue weighted by Crippen LogP contribution is 2.51. The van der Waals surface area contributed by atoms with Gasteiger partial charge in [0.2, 0.25) is 5.91 Å². The van der Waals surface area contributed by atoms with E-state index < -0.39 is 47.0 Å². The first kappa shape index (κ1) is 27.3. The third-order valence-electron chi connectivity index (χ3n) is 7.36. The van der Waals surface area contributed by atoms with Crippen LogP contribution < -0.4 is 5.32 Å². The molecule has 37 heavy (non-hydrogen) atoms. The van der Waals surface area contributed by atoms with E-state index in [2.05, 4.69) is 5.32 Å². The summed E-state index contributed by atoms with van der Waals surface area (Å²) in [5.74, 6) is -3.34. The highest BCUT2D eigenvalue weighted by molar-refractivity contribution is 6.37. The van der Waals surface area contributed by atoms with Gasteiger partial charge in [-0.25, -0.2) is 0 Å². The summed E-state index contributed by atoms with van der Waals surface area (Å²) >= 11 is 12.4. The molecule has 0 aromatic heterocycles. The standard InChI is InChI=1S/C28H30Cl2N2O5/c1-4-28(11-12-28)24(33)22(25(34)31-21-13-16(3)19(29)15-20(21)30)32-26(35)18(23(27(32)36)37-5-2)14-17-9-7-6-8-10-17/h6-10,13,15,18,22-23H,4-5,11-12,14H2,1-3H3,(H,31,34). The van der Waals surface area contributed by atoms with E-state index in [1.54, 1.807) is 19.9 Å². The number of ether oxygens (including phenoxy) is 1. The molecule has 1 saturated carbocycles. The Morgan fingerprint density at radius 3 is 2.35 bits per heavy atom. The second-order valence-corrected chi connectivity index (χ2v) is 10.5. The minimum absolute atomic E-state index is 0.181. The summed E-state index contributed by atoms with van der Waals surface area (Å²) < 4.78 is 5.71. The van der Waals surface area contributed by atoms with Crippen molar-refractivity contribution in [2.24, 2.45) is 11.3 Å². The van der Waals surface area contributed by atoms with E-state index in [4.69, 9.17) is 27.9 Å². The maximum absolute atomic E-state index is 13.8. The average molecular weight is 545 g/mol. The maximum atomic E-state index is 13.8. The normalized spacial score (nSPS) is 21.2. The number of likely N-dealkylation sites (tertiary alicyclic amines) is 1. The number of carbonyl (C=O) groups is 4. The number of nitrogens with zero attached hydrogens (tertiary/aromatic N) is 1. The maximum Gasteiger partial charge on any atom is 0.260 e. The minimum atomic E-state index is -1.63. The molecule has 1 aliphatic carbocycles. The summed E-state index contributed by atoms with van der Waals surface area (Å²) in [6.45, 7) is 5.55. The molecular weight excluding hydrogens is 515 g/mol. The van der Waals surface area contributed by atoms with Crippen molar-refractivity contribution in [3.05, 3.63) is 63.6 Å². The van der Waals surface area contributed by atoms with Gasteiger partial charge in [-0.3, -0.25) is 24.1 Å². The number of rotatable bonds is 10. The molecule has 1 heterocycles. The van der Waals surface area contributed by atoms with Crippen molar-refractivity contribution < 1.29 is 23.9 Å². The molecular formula is C28H30Cl2N2O5. The van der Waals surface area contributed by atoms with Gasteiger partial charge in [-0.2, -0.15) is 0 Å². The summed E-state index contributed by atoms with van der Waals surface area (Å²) in [5, 5.41) is 3.28. The van der Waals surface area contributed by atoms with Crippen LogP contribution in [0.2, 0.25) is 10.0 Å². The Bertz CT molecular complexity index is 1230. The fourth-order valence-corrected chi connectivity index (χ4v) is 5.36. The smallest absolute Gasteiger partial charge is 0.260 e. The third kappa shape index (κ3) is 5.31. The number of halogens is 2. The molecule has 0 radical (unpaired) electrons. The summed E-state index contributed by atoms with van der Waals surface area (Å²) in [5.41, 5.74) is 1.03. The molecule has 2 aliphatic rings. The average Bonchev–Trinajstić information content (AvgIpc) is 3.65. The van der Waals surface area contributed by atoms with Gasteiger partial charge in [-0.15, -0.1) is 0 Å². The van der Waals surface area contributed by atoms with Crippen molar-refractivity contribution in [2.75, 3.05) is 11.9 Å². The van der Waals surface area contributed by atoms with E-state index in [0.29, 0.717) is 29.8 Å². The summed E-state index contributed by atoms with van der Waals surface area (Å²) in [4.78, 5) is 55.7. The van der Waals surface area contributed by atoms with Crippen LogP contribution in [0.5, 0.6) is 0 Å². The van der Waals surface area contributed by atoms with Crippen molar-refractivity contribution in [3.63, 3.8) is 0 Å². The van der Waals surface area contributed by atoms with Gasteiger partial charge in [0.15, 0.2) is 11.8 Å². The minimum Gasteiger partial charge on any atom is -0.368 e. The number of benzene rings is 2. The SMILES string of the molecule is CCOC1C(=O)N(C(C(=O)Nc2cc(C)c(Cl)cc2Cl)C(=O)C2(CC)CC2)C(=O)C1Cc1ccccc1. The van der Waals surface area contributed by atoms with Crippen LogP contribution in [0.4, 0.5) is 5.69 Å². The lowest BCUT2D eigenvalue weighted by Gasteiger charge is -2.28. The first-order chi connectivity index (χ1) is 17.6. The quantitative estimate of drug-likeness (QED) is 0.335. The number of imide groups is 1. The highest BCUT2D eigenvalue weighted by atomic mass is 35.5. The second kappa shape index (κ2) is 10.9. The van der Waals surface area contributed by atoms with Gasteiger partial charge in [0.1, 0.15) is 6.10 Å². The van der Waals surface area contributed by atoms with Crippen LogP contribution in [-0.2, 0) is 30.3 Å². The Morgan fingerprint density at radius 1 is 1.08 bits per heavy atom. The van der Waals surface area contributed by atoms with E-state index in [1.807, 2.05) is 37.3 Å². The van der Waals surface area contributed by atoms with Gasteiger partial charge in [-0.1, -0.05) is 60.5 Å². The third-order valence-corrected chi connectivity index (χ3v) is 8.08. The molecule has 196 valence electrons. The lowest BCUT2D eigenvalue weighted by molar-refractivity contribution is -0.153. The van der Waals surface area contributed by atoms with Gasteiger partial charge < -0.3 is 10.1 Å². The molecule has 1 aliphatic heterocycles. The van der Waals surface area contributed by atoms with Crippen molar-refractivity contribution in [3.8, 4) is 0 Å². The Hall–Kier alpha value is -2.74. The Morgan fingerprint density at radius 2 is 1.76 bits per heavy atom. The number of hydrogen-bond acceptors (Lipinski definition) is 5. The van der Waals surface area contributed by atoms with E-state index in [9.17, 15) is 19.2 Å². The number of Topliss-reactive ketones (excluding diaryl/α,β-unsaturated/α-hetero) is 1. The van der Waals surface area contributed by atoms with Crippen LogP contribution in [0.3, 0.4) is 0 Å². The number of carbonyl (C=O) groups excluding carboxylic acids is 4. The summed E-state index contributed by atoms with van der Waals surface area (Å²) in [7, 11) is 0. The number of aryl methyl sites for hydroxylation is 1. The molecule has 7 nitrogen and oxygen atoms in total. The predicted octanol–water partition coefficient (Wildman–Crippen LogP) is 5.00. The van der Waals surface area contributed by atoms with Gasteiger partial charge in [-0.05, 0) is 62.8 Å². The fourth-order valence-electron chi connectivity index (χ4n) is 4.93. The van der Waals surface area contributed by atoms with Crippen molar-refractivity contribution in [2.45, 2.75) is 58.6 Å². The first-order valence-corrected chi connectivity index (χ1v) is 13.2. The molecule has 9 heteroatoms. The molecule has 2 aromatic rings. The lowest BCUT2D eigenvalue weighted by Crippen LogP contribution is -2.54. The van der Waals surface area contributed by atoms with E-state index in [1.165, 1.54) is 6.07 Å². The van der Waals surface area contributed by atoms with E-state index >= 15 is 0 Å². The van der Waals surface area contributed by atoms with Gasteiger partial charge >= 0.3 is 0 Å².